The van der Waals surface area contributed by atoms with Crippen LogP contribution >= 0.6 is 11.3 Å². The second-order valence-corrected chi connectivity index (χ2v) is 2.45. The summed E-state index contributed by atoms with van der Waals surface area (Å²) in [7, 11) is 0. The van der Waals surface area contributed by atoms with Crippen LogP contribution in [-0.2, 0) is 18.6 Å². The van der Waals surface area contributed by atoms with Crippen molar-refractivity contribution in [3.63, 3.8) is 0 Å². The third kappa shape index (κ3) is 1.62. The Bertz CT molecular complexity index is 145. The van der Waals surface area contributed by atoms with E-state index in [1.807, 2.05) is 13.8 Å². The predicted molar refractivity (Wildman–Crippen MR) is 30.4 cm³/mol. The third-order valence-electron chi connectivity index (χ3n) is 0.922. The number of hydrogen-bond donors (Lipinski definition) is 0. The van der Waals surface area contributed by atoms with E-state index in [4.69, 9.17) is 0 Å². The van der Waals surface area contributed by atoms with E-state index in [-0.39, 0.29) is 18.6 Å². The molecule has 43 valence electrons. The SMILES string of the molecule is Cc1n[c-]sc1C.[V]. The van der Waals surface area contributed by atoms with E-state index in [0.29, 0.717) is 0 Å². The van der Waals surface area contributed by atoms with Crippen molar-refractivity contribution in [3.05, 3.63) is 16.1 Å². The molecule has 0 atom stereocenters. The van der Waals surface area contributed by atoms with Crippen LogP contribution in [0, 0.1) is 19.4 Å². The number of rotatable bonds is 0. The normalized spacial score (nSPS) is 8.25. The molecule has 0 saturated carbocycles. The van der Waals surface area contributed by atoms with E-state index in [9.17, 15) is 0 Å². The van der Waals surface area contributed by atoms with Crippen LogP contribution in [0.3, 0.4) is 0 Å². The fourth-order valence-corrected chi connectivity index (χ4v) is 0.825. The Balaban J connectivity index is 0.000000490. The van der Waals surface area contributed by atoms with Gasteiger partial charge in [-0.2, -0.15) is 0 Å². The number of aromatic nitrogens is 1. The molecule has 0 aliphatic rings. The van der Waals surface area contributed by atoms with Crippen LogP contribution in [0.2, 0.25) is 0 Å². The maximum absolute atomic E-state index is 3.91. The first-order chi connectivity index (χ1) is 3.30. The molecule has 0 fully saturated rings. The van der Waals surface area contributed by atoms with Crippen LogP contribution in [-0.4, -0.2) is 4.98 Å². The van der Waals surface area contributed by atoms with Gasteiger partial charge in [-0.25, -0.2) is 0 Å². The predicted octanol–water partition coefficient (Wildman–Crippen LogP) is 1.56. The van der Waals surface area contributed by atoms with Gasteiger partial charge < -0.3 is 4.98 Å². The number of thiazole rings is 1. The van der Waals surface area contributed by atoms with Gasteiger partial charge in [-0.1, -0.05) is 13.8 Å². The van der Waals surface area contributed by atoms with Crippen molar-refractivity contribution in [1.29, 1.82) is 0 Å². The quantitative estimate of drug-likeness (QED) is 0.529. The van der Waals surface area contributed by atoms with Gasteiger partial charge in [-0.3, -0.25) is 11.3 Å². The first kappa shape index (κ1) is 8.21. The third-order valence-corrected chi connectivity index (χ3v) is 1.71. The topological polar surface area (TPSA) is 12.9 Å². The van der Waals surface area contributed by atoms with E-state index in [1.54, 1.807) is 11.3 Å². The molecule has 0 saturated heterocycles. The van der Waals surface area contributed by atoms with Gasteiger partial charge in [0.2, 0.25) is 0 Å². The van der Waals surface area contributed by atoms with Crippen LogP contribution in [0.1, 0.15) is 10.6 Å². The average Bonchev–Trinajstić information content (AvgIpc) is 1.91. The monoisotopic (exact) mass is 163 g/mol. The van der Waals surface area contributed by atoms with Crippen LogP contribution in [0.15, 0.2) is 0 Å². The van der Waals surface area contributed by atoms with Crippen molar-refractivity contribution in [3.8, 4) is 0 Å². The van der Waals surface area contributed by atoms with Crippen molar-refractivity contribution in [1.82, 2.24) is 4.98 Å². The minimum atomic E-state index is 0. The maximum atomic E-state index is 3.91. The van der Waals surface area contributed by atoms with E-state index < -0.39 is 0 Å². The molecular weight excluding hydrogens is 157 g/mol. The van der Waals surface area contributed by atoms with Gasteiger partial charge >= 0.3 is 0 Å². The summed E-state index contributed by atoms with van der Waals surface area (Å²) in [5.74, 6) is 0. The standard InChI is InChI=1S/C5H6NS.V/c1-4-5(2)7-3-6-4;/h1-2H3;/q-1;. The number of aryl methyl sites for hydroxylation is 2. The first-order valence-electron chi connectivity index (χ1n) is 2.11. The minimum absolute atomic E-state index is 0. The summed E-state index contributed by atoms with van der Waals surface area (Å²) in [6.07, 6.45) is 0. The Morgan fingerprint density at radius 2 is 2.12 bits per heavy atom. The molecule has 0 unspecified atom stereocenters. The van der Waals surface area contributed by atoms with Gasteiger partial charge in [0.05, 0.1) is 0 Å². The second-order valence-electron chi connectivity index (χ2n) is 1.45. The fourth-order valence-electron chi connectivity index (χ4n) is 0.312. The number of hydrogen-bond acceptors (Lipinski definition) is 2. The summed E-state index contributed by atoms with van der Waals surface area (Å²) in [5.41, 5.74) is 3.89. The Kier molecular flexibility index (Phi) is 3.37. The smallest absolute Gasteiger partial charge is 0 e. The molecule has 1 aromatic rings. The minimum Gasteiger partial charge on any atom is -0.391 e. The van der Waals surface area contributed by atoms with Crippen molar-refractivity contribution in [2.24, 2.45) is 0 Å². The Hall–Kier alpha value is 0.214. The van der Waals surface area contributed by atoms with Crippen LogP contribution < -0.4 is 0 Å². The van der Waals surface area contributed by atoms with Gasteiger partial charge in [0, 0.05) is 18.6 Å². The zero-order chi connectivity index (χ0) is 5.28. The molecule has 0 spiro atoms. The maximum Gasteiger partial charge on any atom is 0 e. The molecule has 1 heterocycles. The van der Waals surface area contributed by atoms with Crippen molar-refractivity contribution >= 4 is 11.3 Å². The molecule has 0 aliphatic carbocycles. The van der Waals surface area contributed by atoms with Gasteiger partial charge in [0.25, 0.3) is 0 Å². The molecule has 1 rings (SSSR count). The van der Waals surface area contributed by atoms with Gasteiger partial charge in [-0.05, 0) is 5.51 Å². The molecule has 0 aliphatic heterocycles. The fraction of sp³-hybridized carbons (Fsp3) is 0.400. The zero-order valence-electron chi connectivity index (χ0n) is 4.80. The van der Waals surface area contributed by atoms with E-state index in [1.165, 1.54) is 4.88 Å². The van der Waals surface area contributed by atoms with Crippen molar-refractivity contribution < 1.29 is 18.6 Å². The summed E-state index contributed by atoms with van der Waals surface area (Å²) >= 11 is 1.57. The molecule has 3 heteroatoms. The molecule has 0 aromatic carbocycles. The molecule has 1 radical (unpaired) electrons. The number of nitrogens with zero attached hydrogens (tertiary/aromatic N) is 1. The summed E-state index contributed by atoms with van der Waals surface area (Å²) < 4.78 is 0. The molecule has 1 nitrogen and oxygen atoms in total. The van der Waals surface area contributed by atoms with Gasteiger partial charge in [0.1, 0.15) is 0 Å². The largest absolute Gasteiger partial charge is 0.391 e. The van der Waals surface area contributed by atoms with Crippen LogP contribution in [0.25, 0.3) is 0 Å². The Labute approximate surface area is 65.0 Å². The summed E-state index contributed by atoms with van der Waals surface area (Å²) in [5, 5.41) is 0. The molecule has 8 heavy (non-hydrogen) atoms. The zero-order valence-corrected chi connectivity index (χ0v) is 7.02. The molecule has 0 N–H and O–H groups in total. The second kappa shape index (κ2) is 3.28. The average molecular weight is 163 g/mol. The van der Waals surface area contributed by atoms with Crippen LogP contribution in [0.5, 0.6) is 0 Å². The first-order valence-corrected chi connectivity index (χ1v) is 2.92. The van der Waals surface area contributed by atoms with Gasteiger partial charge in [-0.15, -0.1) is 10.6 Å². The Morgan fingerprint density at radius 1 is 1.50 bits per heavy atom. The molecular formula is C5H6NSV-. The molecule has 1 aromatic heterocycles. The van der Waals surface area contributed by atoms with Crippen molar-refractivity contribution in [2.45, 2.75) is 13.8 Å². The van der Waals surface area contributed by atoms with Crippen LogP contribution in [0.4, 0.5) is 0 Å². The van der Waals surface area contributed by atoms with E-state index >= 15 is 0 Å². The molecule has 0 bridgehead atoms. The summed E-state index contributed by atoms with van der Waals surface area (Å²) in [6, 6.07) is 0. The van der Waals surface area contributed by atoms with Gasteiger partial charge in [0.15, 0.2) is 0 Å². The van der Waals surface area contributed by atoms with Crippen molar-refractivity contribution in [2.75, 3.05) is 0 Å². The summed E-state index contributed by atoms with van der Waals surface area (Å²) in [4.78, 5) is 5.17. The molecule has 0 amide bonds. The Morgan fingerprint density at radius 3 is 2.25 bits per heavy atom. The van der Waals surface area contributed by atoms with E-state index in [0.717, 1.165) is 5.69 Å². The van der Waals surface area contributed by atoms with E-state index in [2.05, 4.69) is 10.5 Å². The summed E-state index contributed by atoms with van der Waals surface area (Å²) in [6.45, 7) is 4.03.